The second-order valence-electron chi connectivity index (χ2n) is 5.07. The molecule has 20 heavy (non-hydrogen) atoms. The average Bonchev–Trinajstić information content (AvgIpc) is 2.42. The van der Waals surface area contributed by atoms with Crippen LogP contribution in [0.4, 0.5) is 11.4 Å². The molecule has 2 aliphatic carbocycles. The third-order valence-electron chi connectivity index (χ3n) is 3.97. The van der Waals surface area contributed by atoms with E-state index in [-0.39, 0.29) is 16.9 Å². The summed E-state index contributed by atoms with van der Waals surface area (Å²) in [5.41, 5.74) is -0.648. The molecule has 0 bridgehead atoms. The molecule has 1 aromatic carbocycles. The zero-order chi connectivity index (χ0) is 14.7. The van der Waals surface area contributed by atoms with Crippen LogP contribution in [0.15, 0.2) is 18.2 Å². The molecular weight excluding hydrogens is 260 g/mol. The van der Waals surface area contributed by atoms with Gasteiger partial charge in [0.1, 0.15) is 0 Å². The van der Waals surface area contributed by atoms with E-state index in [9.17, 15) is 20.2 Å². The predicted octanol–water partition coefficient (Wildman–Crippen LogP) is 3.29. The van der Waals surface area contributed by atoms with Gasteiger partial charge in [-0.3, -0.25) is 20.2 Å². The molecule has 0 spiro atoms. The molecule has 2 aliphatic rings. The topological polar surface area (TPSA) is 86.3 Å². The van der Waals surface area contributed by atoms with Crippen LogP contribution in [0.2, 0.25) is 0 Å². The van der Waals surface area contributed by atoms with Gasteiger partial charge < -0.3 is 0 Å². The summed E-state index contributed by atoms with van der Waals surface area (Å²) in [5.74, 6) is 4.53. The molecule has 0 radical (unpaired) electrons. The zero-order valence-electron chi connectivity index (χ0n) is 10.8. The number of rotatable bonds is 2. The van der Waals surface area contributed by atoms with Crippen molar-refractivity contribution in [3.05, 3.63) is 44.0 Å². The highest BCUT2D eigenvalue weighted by molar-refractivity contribution is 5.51. The first-order valence-electron chi connectivity index (χ1n) is 6.41. The molecule has 0 aromatic heterocycles. The van der Waals surface area contributed by atoms with E-state index in [1.807, 2.05) is 0 Å². The van der Waals surface area contributed by atoms with Crippen molar-refractivity contribution in [3.63, 3.8) is 0 Å². The summed E-state index contributed by atoms with van der Waals surface area (Å²) in [6.07, 6.45) is 11.2. The molecule has 6 nitrogen and oxygen atoms in total. The Bertz CT molecular complexity index is 541. The van der Waals surface area contributed by atoms with Gasteiger partial charge in [0.15, 0.2) is 0 Å². The smallest absolute Gasteiger partial charge is 0.258 e. The molecular formula is C14H14N2O4. The minimum Gasteiger partial charge on any atom is -0.258 e. The van der Waals surface area contributed by atoms with Crippen LogP contribution < -0.4 is 0 Å². The lowest BCUT2D eigenvalue weighted by Gasteiger charge is -2.46. The van der Waals surface area contributed by atoms with Crippen LogP contribution in [0.5, 0.6) is 0 Å². The van der Waals surface area contributed by atoms with Crippen LogP contribution in [0.3, 0.4) is 0 Å². The van der Waals surface area contributed by atoms with Crippen LogP contribution in [0.25, 0.3) is 0 Å². The maximum atomic E-state index is 10.4. The maximum absolute atomic E-state index is 10.4. The first-order chi connectivity index (χ1) is 9.51. The number of nitro benzene ring substituents is 2. The molecule has 0 amide bonds. The monoisotopic (exact) mass is 274 g/mol. The lowest BCUT2D eigenvalue weighted by Crippen LogP contribution is -2.34. The molecule has 104 valence electrons. The van der Waals surface area contributed by atoms with E-state index < -0.39 is 9.85 Å². The molecule has 0 unspecified atom stereocenters. The fraction of sp³-hybridized carbons (Fsp3) is 0.429. The molecule has 2 fully saturated rings. The summed E-state index contributed by atoms with van der Waals surface area (Å²) in [6.45, 7) is 0. The van der Waals surface area contributed by atoms with Crippen molar-refractivity contribution in [2.45, 2.75) is 25.7 Å². The van der Waals surface area contributed by atoms with E-state index >= 15 is 0 Å². The van der Waals surface area contributed by atoms with Crippen LogP contribution in [-0.2, 0) is 0 Å². The van der Waals surface area contributed by atoms with Crippen molar-refractivity contribution in [2.24, 2.45) is 11.8 Å². The Hall–Kier alpha value is -2.42. The first-order valence-corrected chi connectivity index (χ1v) is 6.41. The Morgan fingerprint density at radius 1 is 0.950 bits per heavy atom. The van der Waals surface area contributed by atoms with Gasteiger partial charge in [-0.1, -0.05) is 5.92 Å². The number of fused-ring (bicyclic) bond motifs is 1. The summed E-state index contributed by atoms with van der Waals surface area (Å²) in [4.78, 5) is 19.3. The number of non-ortho nitro benzene ring substituents is 2. The minimum atomic E-state index is -0.728. The van der Waals surface area contributed by atoms with E-state index in [2.05, 4.69) is 5.92 Å². The van der Waals surface area contributed by atoms with Crippen LogP contribution in [0.1, 0.15) is 31.2 Å². The summed E-state index contributed by atoms with van der Waals surface area (Å²) < 4.78 is 0. The Kier molecular flexibility index (Phi) is 3.99. The second-order valence-corrected chi connectivity index (χ2v) is 5.07. The summed E-state index contributed by atoms with van der Waals surface area (Å²) in [7, 11) is 0. The fourth-order valence-electron chi connectivity index (χ4n) is 2.45. The average molecular weight is 274 g/mol. The standard InChI is InChI=1S/C8H4N2O4.C6H10/c1-2-6-3-7(9(11)12)5-8(4-6)10(13)14;1-2-6-4-3-5(1)6/h1,3-5H;5-6H,1-4H2. The van der Waals surface area contributed by atoms with Crippen LogP contribution >= 0.6 is 0 Å². The maximum Gasteiger partial charge on any atom is 0.277 e. The highest BCUT2D eigenvalue weighted by atomic mass is 16.6. The van der Waals surface area contributed by atoms with Gasteiger partial charge in [-0.05, 0) is 37.5 Å². The number of hydrogen-bond acceptors (Lipinski definition) is 4. The summed E-state index contributed by atoms with van der Waals surface area (Å²) >= 11 is 0. The van der Waals surface area contributed by atoms with Gasteiger partial charge >= 0.3 is 0 Å². The van der Waals surface area contributed by atoms with Gasteiger partial charge in [-0.2, -0.15) is 0 Å². The zero-order valence-corrected chi connectivity index (χ0v) is 10.8. The summed E-state index contributed by atoms with van der Waals surface area (Å²) in [5, 5.41) is 20.7. The van der Waals surface area contributed by atoms with E-state index in [0.29, 0.717) is 0 Å². The molecule has 0 N–H and O–H groups in total. The van der Waals surface area contributed by atoms with Gasteiger partial charge in [0.05, 0.1) is 15.9 Å². The largest absolute Gasteiger partial charge is 0.277 e. The Balaban J connectivity index is 0.000000198. The van der Waals surface area contributed by atoms with Crippen molar-refractivity contribution in [1.29, 1.82) is 0 Å². The lowest BCUT2D eigenvalue weighted by molar-refractivity contribution is -0.394. The normalized spacial score (nSPS) is 21.9. The Labute approximate surface area is 116 Å². The Morgan fingerprint density at radius 2 is 1.35 bits per heavy atom. The molecule has 0 heterocycles. The number of benzene rings is 1. The van der Waals surface area contributed by atoms with Crippen LogP contribution in [0, 0.1) is 44.4 Å². The SMILES string of the molecule is C#Cc1cc([N+](=O)[O-])cc([N+](=O)[O-])c1.C1CC2CCC12. The third-order valence-corrected chi connectivity index (χ3v) is 3.97. The molecule has 2 saturated carbocycles. The van der Waals surface area contributed by atoms with Crippen molar-refractivity contribution < 1.29 is 9.85 Å². The quantitative estimate of drug-likeness (QED) is 0.470. The van der Waals surface area contributed by atoms with Gasteiger partial charge in [0.2, 0.25) is 0 Å². The lowest BCUT2D eigenvalue weighted by atomic mass is 9.60. The van der Waals surface area contributed by atoms with E-state index in [0.717, 1.165) is 18.2 Å². The van der Waals surface area contributed by atoms with Crippen molar-refractivity contribution in [2.75, 3.05) is 0 Å². The summed E-state index contributed by atoms with van der Waals surface area (Å²) in [6, 6.07) is 3.07. The number of nitrogens with zero attached hydrogens (tertiary/aromatic N) is 2. The van der Waals surface area contributed by atoms with E-state index in [4.69, 9.17) is 6.42 Å². The van der Waals surface area contributed by atoms with Crippen LogP contribution in [-0.4, -0.2) is 9.85 Å². The highest BCUT2D eigenvalue weighted by Gasteiger charge is 2.37. The number of hydrogen-bond donors (Lipinski definition) is 0. The molecule has 0 aliphatic heterocycles. The fourth-order valence-corrected chi connectivity index (χ4v) is 2.45. The van der Waals surface area contributed by atoms with Gasteiger partial charge in [0, 0.05) is 17.7 Å². The number of nitro groups is 2. The van der Waals surface area contributed by atoms with Gasteiger partial charge in [-0.15, -0.1) is 6.42 Å². The highest BCUT2D eigenvalue weighted by Crippen LogP contribution is 2.49. The third kappa shape index (κ3) is 2.94. The number of terminal acetylenes is 1. The van der Waals surface area contributed by atoms with Crippen molar-refractivity contribution in [3.8, 4) is 12.3 Å². The molecule has 0 atom stereocenters. The van der Waals surface area contributed by atoms with Gasteiger partial charge in [-0.25, -0.2) is 0 Å². The minimum absolute atomic E-state index is 0.117. The van der Waals surface area contributed by atoms with Gasteiger partial charge in [0.25, 0.3) is 11.4 Å². The predicted molar refractivity (Wildman–Crippen MR) is 73.1 cm³/mol. The first kappa shape index (κ1) is 14.0. The van der Waals surface area contributed by atoms with E-state index in [1.54, 1.807) is 25.7 Å². The molecule has 1 aromatic rings. The van der Waals surface area contributed by atoms with Crippen molar-refractivity contribution in [1.82, 2.24) is 0 Å². The molecule has 6 heteroatoms. The second kappa shape index (κ2) is 5.70. The Morgan fingerprint density at radius 3 is 1.55 bits per heavy atom. The molecule has 3 rings (SSSR count). The van der Waals surface area contributed by atoms with Crippen molar-refractivity contribution >= 4 is 11.4 Å². The molecule has 0 saturated heterocycles. The van der Waals surface area contributed by atoms with E-state index in [1.165, 1.54) is 11.8 Å².